The van der Waals surface area contributed by atoms with E-state index in [1.807, 2.05) is 68.4 Å². The van der Waals surface area contributed by atoms with E-state index < -0.39 is 6.04 Å². The van der Waals surface area contributed by atoms with Gasteiger partial charge in [-0.25, -0.2) is 0 Å². The van der Waals surface area contributed by atoms with E-state index in [-0.39, 0.29) is 17.7 Å². The van der Waals surface area contributed by atoms with Crippen LogP contribution in [0.15, 0.2) is 78.9 Å². The lowest BCUT2D eigenvalue weighted by molar-refractivity contribution is -0.118. The summed E-state index contributed by atoms with van der Waals surface area (Å²) >= 11 is 0. The van der Waals surface area contributed by atoms with Crippen LogP contribution in [0.2, 0.25) is 0 Å². The number of ether oxygens (including phenoxy) is 1. The molecular formula is C25H27N3O3. The van der Waals surface area contributed by atoms with E-state index in [9.17, 15) is 9.59 Å². The zero-order chi connectivity index (χ0) is 22.2. The Morgan fingerprint density at radius 1 is 0.774 bits per heavy atom. The van der Waals surface area contributed by atoms with Crippen molar-refractivity contribution in [2.75, 3.05) is 17.7 Å². The van der Waals surface area contributed by atoms with Gasteiger partial charge in [0.2, 0.25) is 5.91 Å². The van der Waals surface area contributed by atoms with Crippen LogP contribution in [0.1, 0.15) is 24.2 Å². The van der Waals surface area contributed by atoms with Crippen molar-refractivity contribution in [3.8, 4) is 5.75 Å². The van der Waals surface area contributed by atoms with E-state index in [1.165, 1.54) is 0 Å². The van der Waals surface area contributed by atoms with Crippen LogP contribution in [0, 0.1) is 5.92 Å². The fourth-order valence-electron chi connectivity index (χ4n) is 3.05. The van der Waals surface area contributed by atoms with E-state index >= 15 is 0 Å². The number of rotatable bonds is 8. The Morgan fingerprint density at radius 3 is 1.94 bits per heavy atom. The number of carbonyl (C=O) groups excluding carboxylic acids is 2. The van der Waals surface area contributed by atoms with Crippen molar-refractivity contribution in [1.29, 1.82) is 0 Å². The molecule has 3 N–H and O–H groups in total. The summed E-state index contributed by atoms with van der Waals surface area (Å²) in [7, 11) is 1.57. The quantitative estimate of drug-likeness (QED) is 0.490. The Balaban J connectivity index is 1.62. The van der Waals surface area contributed by atoms with Crippen LogP contribution < -0.4 is 20.7 Å². The molecule has 3 aromatic rings. The highest BCUT2D eigenvalue weighted by Crippen LogP contribution is 2.19. The molecule has 3 aromatic carbocycles. The predicted octanol–water partition coefficient (Wildman–Crippen LogP) is 4.83. The summed E-state index contributed by atoms with van der Waals surface area (Å²) in [4.78, 5) is 25.4. The normalized spacial score (nSPS) is 11.5. The van der Waals surface area contributed by atoms with Gasteiger partial charge in [0, 0.05) is 22.6 Å². The fraction of sp³-hybridized carbons (Fsp3) is 0.200. The molecule has 3 rings (SSSR count). The van der Waals surface area contributed by atoms with Gasteiger partial charge in [-0.15, -0.1) is 0 Å². The Labute approximate surface area is 182 Å². The second-order valence-corrected chi connectivity index (χ2v) is 7.48. The third-order valence-electron chi connectivity index (χ3n) is 4.80. The summed E-state index contributed by atoms with van der Waals surface area (Å²) in [5, 5.41) is 9.02. The van der Waals surface area contributed by atoms with Crippen LogP contribution >= 0.6 is 0 Å². The van der Waals surface area contributed by atoms with Gasteiger partial charge in [0.1, 0.15) is 11.8 Å². The molecule has 1 unspecified atom stereocenters. The van der Waals surface area contributed by atoms with Crippen LogP contribution in [0.4, 0.5) is 17.1 Å². The van der Waals surface area contributed by atoms with Crippen molar-refractivity contribution in [3.05, 3.63) is 84.4 Å². The average molecular weight is 418 g/mol. The lowest BCUT2D eigenvalue weighted by atomic mass is 10.0. The summed E-state index contributed by atoms with van der Waals surface area (Å²) in [5.41, 5.74) is 3.03. The molecule has 31 heavy (non-hydrogen) atoms. The third kappa shape index (κ3) is 6.09. The maximum absolute atomic E-state index is 12.8. The van der Waals surface area contributed by atoms with Gasteiger partial charge in [0.15, 0.2) is 0 Å². The average Bonchev–Trinajstić information content (AvgIpc) is 2.79. The van der Waals surface area contributed by atoms with Crippen molar-refractivity contribution in [3.63, 3.8) is 0 Å². The Morgan fingerprint density at radius 2 is 1.35 bits per heavy atom. The summed E-state index contributed by atoms with van der Waals surface area (Å²) in [6.07, 6.45) is 0. The molecule has 0 saturated heterocycles. The smallest absolute Gasteiger partial charge is 0.251 e. The molecule has 0 aromatic heterocycles. The maximum Gasteiger partial charge on any atom is 0.251 e. The van der Waals surface area contributed by atoms with Crippen molar-refractivity contribution in [2.24, 2.45) is 5.92 Å². The van der Waals surface area contributed by atoms with Crippen molar-refractivity contribution >= 4 is 28.9 Å². The Hall–Kier alpha value is -3.80. The summed E-state index contributed by atoms with van der Waals surface area (Å²) in [6, 6.07) is 23.4. The predicted molar refractivity (Wildman–Crippen MR) is 124 cm³/mol. The number of amides is 2. The number of methoxy groups -OCH3 is 1. The molecule has 0 spiro atoms. The lowest BCUT2D eigenvalue weighted by Crippen LogP contribution is -2.47. The largest absolute Gasteiger partial charge is 0.497 e. The molecule has 6 heteroatoms. The van der Waals surface area contributed by atoms with E-state index in [4.69, 9.17) is 4.74 Å². The van der Waals surface area contributed by atoms with Crippen molar-refractivity contribution in [2.45, 2.75) is 19.9 Å². The van der Waals surface area contributed by atoms with Crippen LogP contribution in [-0.4, -0.2) is 25.0 Å². The van der Waals surface area contributed by atoms with Gasteiger partial charge in [0.25, 0.3) is 5.91 Å². The minimum Gasteiger partial charge on any atom is -0.497 e. The molecular weight excluding hydrogens is 390 g/mol. The van der Waals surface area contributed by atoms with Gasteiger partial charge in [-0.1, -0.05) is 32.0 Å². The number of benzene rings is 3. The highest BCUT2D eigenvalue weighted by atomic mass is 16.5. The maximum atomic E-state index is 12.8. The molecule has 0 aliphatic rings. The molecule has 6 nitrogen and oxygen atoms in total. The molecule has 0 fully saturated rings. The van der Waals surface area contributed by atoms with E-state index in [2.05, 4.69) is 16.0 Å². The molecule has 0 saturated carbocycles. The first-order chi connectivity index (χ1) is 15.0. The van der Waals surface area contributed by atoms with Gasteiger partial charge >= 0.3 is 0 Å². The summed E-state index contributed by atoms with van der Waals surface area (Å²) in [5.74, 6) is 0.0145. The molecule has 1 atom stereocenters. The SMILES string of the molecule is COc1ccc(C(=O)NC(C(=O)Nc2ccc(Nc3ccccc3)cc2)C(C)C)cc1. The topological polar surface area (TPSA) is 79.5 Å². The first-order valence-electron chi connectivity index (χ1n) is 10.1. The van der Waals surface area contributed by atoms with E-state index in [0.29, 0.717) is 17.0 Å². The monoisotopic (exact) mass is 417 g/mol. The minimum atomic E-state index is -0.670. The van der Waals surface area contributed by atoms with Gasteiger partial charge in [-0.3, -0.25) is 9.59 Å². The molecule has 0 bridgehead atoms. The highest BCUT2D eigenvalue weighted by Gasteiger charge is 2.24. The number of nitrogens with one attached hydrogen (secondary N) is 3. The van der Waals surface area contributed by atoms with Crippen LogP contribution in [0.25, 0.3) is 0 Å². The molecule has 2 amide bonds. The zero-order valence-electron chi connectivity index (χ0n) is 17.9. The molecule has 0 radical (unpaired) electrons. The van der Waals surface area contributed by atoms with Crippen LogP contribution in [-0.2, 0) is 4.79 Å². The Bertz CT molecular complexity index is 1000. The van der Waals surface area contributed by atoms with E-state index in [0.717, 1.165) is 11.4 Å². The van der Waals surface area contributed by atoms with Crippen molar-refractivity contribution in [1.82, 2.24) is 5.32 Å². The number of para-hydroxylation sites is 1. The number of anilines is 3. The van der Waals surface area contributed by atoms with Crippen LogP contribution in [0.3, 0.4) is 0 Å². The first kappa shape index (κ1) is 21.9. The minimum absolute atomic E-state index is 0.0822. The first-order valence-corrected chi connectivity index (χ1v) is 10.1. The second-order valence-electron chi connectivity index (χ2n) is 7.48. The van der Waals surface area contributed by atoms with Gasteiger partial charge in [-0.2, -0.15) is 0 Å². The van der Waals surface area contributed by atoms with Gasteiger partial charge in [-0.05, 0) is 66.6 Å². The summed E-state index contributed by atoms with van der Waals surface area (Å²) < 4.78 is 5.11. The Kier molecular flexibility index (Phi) is 7.27. The standard InChI is InChI=1S/C25H27N3O3/c1-17(2)23(28-24(29)18-9-15-22(31-3)16-10-18)25(30)27-21-13-11-20(12-14-21)26-19-7-5-4-6-8-19/h4-17,23,26H,1-3H3,(H,27,30)(H,28,29). The number of carbonyl (C=O) groups is 2. The second kappa shape index (κ2) is 10.3. The zero-order valence-corrected chi connectivity index (χ0v) is 17.9. The lowest BCUT2D eigenvalue weighted by Gasteiger charge is -2.22. The third-order valence-corrected chi connectivity index (χ3v) is 4.80. The molecule has 0 heterocycles. The molecule has 0 aliphatic carbocycles. The number of hydrogen-bond acceptors (Lipinski definition) is 4. The molecule has 160 valence electrons. The van der Waals surface area contributed by atoms with Crippen LogP contribution in [0.5, 0.6) is 5.75 Å². The molecule has 0 aliphatic heterocycles. The van der Waals surface area contributed by atoms with Gasteiger partial charge in [0.05, 0.1) is 7.11 Å². The fourth-order valence-corrected chi connectivity index (χ4v) is 3.05. The highest BCUT2D eigenvalue weighted by molar-refractivity contribution is 6.01. The van der Waals surface area contributed by atoms with Gasteiger partial charge < -0.3 is 20.7 Å². The van der Waals surface area contributed by atoms with E-state index in [1.54, 1.807) is 31.4 Å². The number of hydrogen-bond donors (Lipinski definition) is 3. The van der Waals surface area contributed by atoms with Crippen molar-refractivity contribution < 1.29 is 14.3 Å². The summed E-state index contributed by atoms with van der Waals surface area (Å²) in [6.45, 7) is 3.79.